The van der Waals surface area contributed by atoms with Crippen molar-refractivity contribution in [1.82, 2.24) is 9.78 Å². The number of nitrogens with zero attached hydrogens (tertiary/aromatic N) is 2. The summed E-state index contributed by atoms with van der Waals surface area (Å²) in [6, 6.07) is 13.7. The SMILES string of the molecule is COc1ccc(CC(=O)Nc2cnn(Cc3cccc(F)c3)c2)cc1. The fraction of sp³-hybridized carbons (Fsp3) is 0.158. The second-order valence-electron chi connectivity index (χ2n) is 5.63. The lowest BCUT2D eigenvalue weighted by Gasteiger charge is -2.04. The molecule has 0 bridgehead atoms. The lowest BCUT2D eigenvalue weighted by molar-refractivity contribution is -0.115. The van der Waals surface area contributed by atoms with Crippen LogP contribution in [0, 0.1) is 5.82 Å². The maximum atomic E-state index is 13.2. The molecular weight excluding hydrogens is 321 g/mol. The van der Waals surface area contributed by atoms with Crippen LogP contribution in [0.25, 0.3) is 0 Å². The van der Waals surface area contributed by atoms with Gasteiger partial charge in [-0.05, 0) is 35.4 Å². The molecule has 0 spiro atoms. The van der Waals surface area contributed by atoms with Crippen molar-refractivity contribution in [3.63, 3.8) is 0 Å². The molecular formula is C19H18FN3O2. The van der Waals surface area contributed by atoms with E-state index in [0.717, 1.165) is 16.9 Å². The predicted molar refractivity (Wildman–Crippen MR) is 93.1 cm³/mol. The van der Waals surface area contributed by atoms with Crippen LogP contribution in [0.15, 0.2) is 60.9 Å². The maximum absolute atomic E-state index is 13.2. The fourth-order valence-electron chi connectivity index (χ4n) is 2.47. The largest absolute Gasteiger partial charge is 0.497 e. The van der Waals surface area contributed by atoms with E-state index in [4.69, 9.17) is 4.74 Å². The number of benzene rings is 2. The number of methoxy groups -OCH3 is 1. The summed E-state index contributed by atoms with van der Waals surface area (Å²) < 4.78 is 20.0. The zero-order chi connectivity index (χ0) is 17.6. The second kappa shape index (κ2) is 7.61. The molecule has 5 nitrogen and oxygen atoms in total. The van der Waals surface area contributed by atoms with Crippen molar-refractivity contribution in [2.45, 2.75) is 13.0 Å². The summed E-state index contributed by atoms with van der Waals surface area (Å²) in [5, 5.41) is 7.00. The van der Waals surface area contributed by atoms with Gasteiger partial charge in [-0.15, -0.1) is 0 Å². The molecule has 25 heavy (non-hydrogen) atoms. The van der Waals surface area contributed by atoms with E-state index in [1.54, 1.807) is 30.3 Å². The van der Waals surface area contributed by atoms with Crippen LogP contribution in [-0.4, -0.2) is 22.8 Å². The van der Waals surface area contributed by atoms with Gasteiger partial charge >= 0.3 is 0 Å². The Balaban J connectivity index is 1.57. The first-order chi connectivity index (χ1) is 12.1. The smallest absolute Gasteiger partial charge is 0.228 e. The van der Waals surface area contributed by atoms with Gasteiger partial charge in [0.05, 0.1) is 32.0 Å². The highest BCUT2D eigenvalue weighted by molar-refractivity contribution is 5.92. The Hall–Kier alpha value is -3.15. The number of nitrogens with one attached hydrogen (secondary N) is 1. The van der Waals surface area contributed by atoms with Crippen LogP contribution in [0.4, 0.5) is 10.1 Å². The summed E-state index contributed by atoms with van der Waals surface area (Å²) in [5.41, 5.74) is 2.31. The number of carbonyl (C=O) groups is 1. The molecule has 3 aromatic rings. The molecule has 1 amide bonds. The molecule has 0 aliphatic rings. The van der Waals surface area contributed by atoms with Gasteiger partial charge in [-0.2, -0.15) is 5.10 Å². The third-order valence-corrected chi connectivity index (χ3v) is 3.67. The number of carbonyl (C=O) groups excluding carboxylic acids is 1. The van der Waals surface area contributed by atoms with E-state index in [-0.39, 0.29) is 18.1 Å². The molecule has 6 heteroatoms. The van der Waals surface area contributed by atoms with Crippen LogP contribution in [0.5, 0.6) is 5.75 Å². The molecule has 0 aliphatic carbocycles. The first-order valence-corrected chi connectivity index (χ1v) is 7.82. The average Bonchev–Trinajstić information content (AvgIpc) is 3.02. The van der Waals surface area contributed by atoms with E-state index in [2.05, 4.69) is 10.4 Å². The van der Waals surface area contributed by atoms with Gasteiger partial charge in [-0.3, -0.25) is 9.48 Å². The van der Waals surface area contributed by atoms with Crippen LogP contribution in [-0.2, 0) is 17.8 Å². The van der Waals surface area contributed by atoms with Gasteiger partial charge in [-0.1, -0.05) is 24.3 Å². The number of ether oxygens (including phenoxy) is 1. The Labute approximate surface area is 145 Å². The molecule has 1 heterocycles. The maximum Gasteiger partial charge on any atom is 0.228 e. The van der Waals surface area contributed by atoms with Gasteiger partial charge in [0.25, 0.3) is 0 Å². The van der Waals surface area contributed by atoms with Gasteiger partial charge < -0.3 is 10.1 Å². The van der Waals surface area contributed by atoms with Crippen LogP contribution < -0.4 is 10.1 Å². The minimum Gasteiger partial charge on any atom is -0.497 e. The van der Waals surface area contributed by atoms with E-state index in [1.807, 2.05) is 30.3 Å². The Kier molecular flexibility index (Phi) is 5.09. The normalized spacial score (nSPS) is 10.5. The first kappa shape index (κ1) is 16.7. The Morgan fingerprint density at radius 2 is 2.00 bits per heavy atom. The molecule has 0 aliphatic heterocycles. The second-order valence-corrected chi connectivity index (χ2v) is 5.63. The van der Waals surface area contributed by atoms with Gasteiger partial charge in [-0.25, -0.2) is 4.39 Å². The fourth-order valence-corrected chi connectivity index (χ4v) is 2.47. The average molecular weight is 339 g/mol. The Morgan fingerprint density at radius 1 is 1.20 bits per heavy atom. The van der Waals surface area contributed by atoms with Crippen LogP contribution >= 0.6 is 0 Å². The number of halogens is 1. The highest BCUT2D eigenvalue weighted by Crippen LogP contribution is 2.13. The van der Waals surface area contributed by atoms with Gasteiger partial charge in [0, 0.05) is 6.20 Å². The highest BCUT2D eigenvalue weighted by Gasteiger charge is 2.07. The molecule has 0 saturated heterocycles. The number of hydrogen-bond donors (Lipinski definition) is 1. The lowest BCUT2D eigenvalue weighted by Crippen LogP contribution is -2.14. The Morgan fingerprint density at radius 3 is 2.72 bits per heavy atom. The molecule has 0 fully saturated rings. The number of rotatable bonds is 6. The number of hydrogen-bond acceptors (Lipinski definition) is 3. The summed E-state index contributed by atoms with van der Waals surface area (Å²) in [7, 11) is 1.60. The van der Waals surface area contributed by atoms with E-state index < -0.39 is 0 Å². The molecule has 1 N–H and O–H groups in total. The van der Waals surface area contributed by atoms with Crippen molar-refractivity contribution in [3.8, 4) is 5.75 Å². The summed E-state index contributed by atoms with van der Waals surface area (Å²) in [6.07, 6.45) is 3.56. The third kappa shape index (κ3) is 4.67. The number of aromatic nitrogens is 2. The summed E-state index contributed by atoms with van der Waals surface area (Å²) in [5.74, 6) is 0.343. The topological polar surface area (TPSA) is 56.1 Å². The Bertz CT molecular complexity index is 859. The molecule has 0 radical (unpaired) electrons. The van der Waals surface area contributed by atoms with Crippen molar-refractivity contribution in [1.29, 1.82) is 0 Å². The predicted octanol–water partition coefficient (Wildman–Crippen LogP) is 3.26. The molecule has 128 valence electrons. The molecule has 1 aromatic heterocycles. The van der Waals surface area contributed by atoms with E-state index >= 15 is 0 Å². The zero-order valence-corrected chi connectivity index (χ0v) is 13.8. The van der Waals surface area contributed by atoms with Crippen molar-refractivity contribution < 1.29 is 13.9 Å². The quantitative estimate of drug-likeness (QED) is 0.750. The van der Waals surface area contributed by atoms with E-state index in [9.17, 15) is 9.18 Å². The molecule has 3 rings (SSSR count). The van der Waals surface area contributed by atoms with Gasteiger partial charge in [0.2, 0.25) is 5.91 Å². The van der Waals surface area contributed by atoms with Crippen LogP contribution in [0.1, 0.15) is 11.1 Å². The van der Waals surface area contributed by atoms with Crippen molar-refractivity contribution >= 4 is 11.6 Å². The summed E-state index contributed by atoms with van der Waals surface area (Å²) in [6.45, 7) is 0.437. The van der Waals surface area contributed by atoms with Crippen molar-refractivity contribution in [2.24, 2.45) is 0 Å². The monoisotopic (exact) mass is 339 g/mol. The molecule has 0 atom stereocenters. The van der Waals surface area contributed by atoms with E-state index in [0.29, 0.717) is 12.2 Å². The molecule has 0 unspecified atom stereocenters. The van der Waals surface area contributed by atoms with Crippen molar-refractivity contribution in [2.75, 3.05) is 12.4 Å². The summed E-state index contributed by atoms with van der Waals surface area (Å²) >= 11 is 0. The van der Waals surface area contributed by atoms with Gasteiger partial charge in [0.15, 0.2) is 0 Å². The standard InChI is InChI=1S/C19H18FN3O2/c1-25-18-7-5-14(6-8-18)10-19(24)22-17-11-21-23(13-17)12-15-3-2-4-16(20)9-15/h2-9,11,13H,10,12H2,1H3,(H,22,24). The third-order valence-electron chi connectivity index (χ3n) is 3.67. The van der Waals surface area contributed by atoms with Crippen molar-refractivity contribution in [3.05, 3.63) is 77.9 Å². The molecule has 0 saturated carbocycles. The minimum absolute atomic E-state index is 0.129. The number of anilines is 1. The highest BCUT2D eigenvalue weighted by atomic mass is 19.1. The molecule has 2 aromatic carbocycles. The van der Waals surface area contributed by atoms with E-state index in [1.165, 1.54) is 12.1 Å². The zero-order valence-electron chi connectivity index (χ0n) is 13.8. The minimum atomic E-state index is -0.280. The summed E-state index contributed by atoms with van der Waals surface area (Å²) in [4.78, 5) is 12.1. The first-order valence-electron chi connectivity index (χ1n) is 7.82. The van der Waals surface area contributed by atoms with Crippen LogP contribution in [0.2, 0.25) is 0 Å². The lowest BCUT2D eigenvalue weighted by atomic mass is 10.1. The number of amides is 1. The van der Waals surface area contributed by atoms with Gasteiger partial charge in [0.1, 0.15) is 11.6 Å². The van der Waals surface area contributed by atoms with Crippen LogP contribution in [0.3, 0.4) is 0 Å².